The van der Waals surface area contributed by atoms with Crippen molar-refractivity contribution in [2.45, 2.75) is 62.8 Å². The maximum Gasteiger partial charge on any atom is 0.229 e. The quantitative estimate of drug-likeness (QED) is 0.632. The van der Waals surface area contributed by atoms with E-state index in [0.717, 1.165) is 38.8 Å². The second kappa shape index (κ2) is 6.46. The van der Waals surface area contributed by atoms with Crippen LogP contribution in [0.2, 0.25) is 0 Å². The molecule has 0 atom stereocenters. The zero-order valence-electron chi connectivity index (χ0n) is 15.9. The first-order valence-electron chi connectivity index (χ1n) is 10.0. The van der Waals surface area contributed by atoms with Crippen LogP contribution in [-0.2, 0) is 19.1 Å². The van der Waals surface area contributed by atoms with Crippen LogP contribution in [0.3, 0.4) is 0 Å². The molecule has 146 valence electrons. The average Bonchev–Trinajstić information content (AvgIpc) is 2.99. The fourth-order valence-electron chi connectivity index (χ4n) is 5.68. The first kappa shape index (κ1) is 18.2. The van der Waals surface area contributed by atoms with Gasteiger partial charge in [-0.3, -0.25) is 9.59 Å². The highest BCUT2D eigenvalue weighted by atomic mass is 16.5. The summed E-state index contributed by atoms with van der Waals surface area (Å²) in [7, 11) is 1.71. The lowest BCUT2D eigenvalue weighted by molar-refractivity contribution is -0.140. The van der Waals surface area contributed by atoms with E-state index in [2.05, 4.69) is 16.0 Å². The number of ether oxygens (including phenoxy) is 2. The van der Waals surface area contributed by atoms with Crippen LogP contribution in [-0.4, -0.2) is 62.4 Å². The second-order valence-corrected chi connectivity index (χ2v) is 8.51. The molecule has 26 heavy (non-hydrogen) atoms. The maximum absolute atomic E-state index is 12.7. The minimum absolute atomic E-state index is 0.0565. The van der Waals surface area contributed by atoms with Gasteiger partial charge in [0.15, 0.2) is 0 Å². The van der Waals surface area contributed by atoms with Gasteiger partial charge in [0.05, 0.1) is 22.7 Å². The summed E-state index contributed by atoms with van der Waals surface area (Å²) in [5.41, 5.74) is -1.17. The molecule has 3 saturated heterocycles. The van der Waals surface area contributed by atoms with E-state index >= 15 is 0 Å². The zero-order chi connectivity index (χ0) is 18.4. The summed E-state index contributed by atoms with van der Waals surface area (Å²) in [6.45, 7) is 4.95. The van der Waals surface area contributed by atoms with E-state index in [0.29, 0.717) is 26.0 Å². The van der Waals surface area contributed by atoms with Crippen molar-refractivity contribution in [1.29, 1.82) is 0 Å². The van der Waals surface area contributed by atoms with Gasteiger partial charge in [0.2, 0.25) is 11.8 Å². The first-order chi connectivity index (χ1) is 12.5. The van der Waals surface area contributed by atoms with Gasteiger partial charge in [0.25, 0.3) is 0 Å². The lowest BCUT2D eigenvalue weighted by Crippen LogP contribution is -2.61. The van der Waals surface area contributed by atoms with E-state index in [4.69, 9.17) is 9.47 Å². The summed E-state index contributed by atoms with van der Waals surface area (Å²) in [6.07, 6.45) is 5.00. The van der Waals surface area contributed by atoms with Gasteiger partial charge in [-0.1, -0.05) is 0 Å². The van der Waals surface area contributed by atoms with E-state index in [9.17, 15) is 9.59 Å². The monoisotopic (exact) mass is 365 g/mol. The molecule has 0 aromatic rings. The Labute approximate surface area is 154 Å². The number of carbonyl (C=O) groups excluding carboxylic acids is 2. The molecule has 3 aliphatic heterocycles. The van der Waals surface area contributed by atoms with Crippen molar-refractivity contribution in [2.75, 3.05) is 33.3 Å². The summed E-state index contributed by atoms with van der Waals surface area (Å²) in [4.78, 5) is 25.1. The van der Waals surface area contributed by atoms with Crippen molar-refractivity contribution in [2.24, 2.45) is 11.3 Å². The molecule has 2 amide bonds. The third-order valence-corrected chi connectivity index (χ3v) is 7.06. The normalized spacial score (nSPS) is 39.8. The summed E-state index contributed by atoms with van der Waals surface area (Å²) < 4.78 is 12.1. The Bertz CT molecular complexity index is 575. The highest BCUT2D eigenvalue weighted by molar-refractivity contribution is 5.87. The third-order valence-electron chi connectivity index (χ3n) is 7.06. The van der Waals surface area contributed by atoms with E-state index in [-0.39, 0.29) is 35.0 Å². The minimum atomic E-state index is -0.425. The number of amides is 2. The Morgan fingerprint density at radius 1 is 1.23 bits per heavy atom. The van der Waals surface area contributed by atoms with Crippen molar-refractivity contribution in [3.05, 3.63) is 0 Å². The molecule has 2 saturated carbocycles. The topological polar surface area (TPSA) is 88.7 Å². The molecule has 2 bridgehead atoms. The van der Waals surface area contributed by atoms with Gasteiger partial charge in [0, 0.05) is 26.1 Å². The molecule has 1 spiro atoms. The number of rotatable bonds is 6. The smallest absolute Gasteiger partial charge is 0.229 e. The molecular weight excluding hydrogens is 334 g/mol. The van der Waals surface area contributed by atoms with Crippen LogP contribution < -0.4 is 16.0 Å². The molecule has 7 nitrogen and oxygen atoms in total. The average molecular weight is 365 g/mol. The van der Waals surface area contributed by atoms with Crippen LogP contribution >= 0.6 is 0 Å². The van der Waals surface area contributed by atoms with Gasteiger partial charge in [-0.25, -0.2) is 0 Å². The Balaban J connectivity index is 1.37. The number of piperidine rings is 1. The SMILES string of the molecule is CCOC1CC(C(=O)NCC23CC(C(=O)NC)(C2)C2(CCNCC2)O3)C1. The van der Waals surface area contributed by atoms with E-state index in [1.807, 2.05) is 6.92 Å². The fourth-order valence-corrected chi connectivity index (χ4v) is 5.68. The number of nitrogens with one attached hydrogen (secondary N) is 3. The van der Waals surface area contributed by atoms with Crippen LogP contribution in [0, 0.1) is 11.3 Å². The Hall–Kier alpha value is -1.18. The van der Waals surface area contributed by atoms with Gasteiger partial charge in [-0.05, 0) is 58.5 Å². The summed E-state index contributed by atoms with van der Waals surface area (Å²) in [6, 6.07) is 0. The number of hydrogen-bond donors (Lipinski definition) is 3. The van der Waals surface area contributed by atoms with Crippen molar-refractivity contribution in [3.63, 3.8) is 0 Å². The molecule has 0 unspecified atom stereocenters. The van der Waals surface area contributed by atoms with E-state index < -0.39 is 5.41 Å². The first-order valence-corrected chi connectivity index (χ1v) is 10.0. The van der Waals surface area contributed by atoms with Gasteiger partial charge in [-0.2, -0.15) is 0 Å². The second-order valence-electron chi connectivity index (χ2n) is 8.51. The van der Waals surface area contributed by atoms with Crippen molar-refractivity contribution >= 4 is 11.8 Å². The molecule has 3 N–H and O–H groups in total. The van der Waals surface area contributed by atoms with Gasteiger partial charge < -0.3 is 25.4 Å². The highest BCUT2D eigenvalue weighted by Gasteiger charge is 2.77. The summed E-state index contributed by atoms with van der Waals surface area (Å²) in [5, 5.41) is 9.31. The third kappa shape index (κ3) is 2.59. The van der Waals surface area contributed by atoms with Crippen LogP contribution in [0.1, 0.15) is 45.4 Å². The molecule has 5 aliphatic rings. The Kier molecular flexibility index (Phi) is 4.52. The largest absolute Gasteiger partial charge is 0.378 e. The summed E-state index contributed by atoms with van der Waals surface area (Å²) >= 11 is 0. The lowest BCUT2D eigenvalue weighted by atomic mass is 9.53. The fraction of sp³-hybridized carbons (Fsp3) is 0.895. The molecule has 2 aliphatic carbocycles. The van der Waals surface area contributed by atoms with E-state index in [1.165, 1.54) is 0 Å². The van der Waals surface area contributed by atoms with E-state index in [1.54, 1.807) is 7.05 Å². The van der Waals surface area contributed by atoms with Crippen molar-refractivity contribution in [1.82, 2.24) is 16.0 Å². The molecule has 7 heteroatoms. The molecule has 5 fully saturated rings. The molecule has 3 heterocycles. The standard InChI is InChI=1S/C19H31N3O4/c1-3-25-14-8-13(9-14)15(23)22-12-17-10-18(11-17,16(24)20-2)19(26-17)4-6-21-7-5-19/h13-14,21H,3-12H2,1-2H3,(H,20,24)(H,22,23). The van der Waals surface area contributed by atoms with Gasteiger partial charge in [0.1, 0.15) is 0 Å². The van der Waals surface area contributed by atoms with Gasteiger partial charge >= 0.3 is 0 Å². The highest BCUT2D eigenvalue weighted by Crippen LogP contribution is 2.68. The number of hydrogen-bond acceptors (Lipinski definition) is 5. The Morgan fingerprint density at radius 2 is 1.92 bits per heavy atom. The van der Waals surface area contributed by atoms with Gasteiger partial charge in [-0.15, -0.1) is 0 Å². The van der Waals surface area contributed by atoms with Crippen LogP contribution in [0.5, 0.6) is 0 Å². The van der Waals surface area contributed by atoms with Crippen molar-refractivity contribution in [3.8, 4) is 0 Å². The molecule has 5 rings (SSSR count). The Morgan fingerprint density at radius 3 is 2.54 bits per heavy atom. The minimum Gasteiger partial charge on any atom is -0.378 e. The predicted molar refractivity (Wildman–Crippen MR) is 95.5 cm³/mol. The molecule has 0 aromatic carbocycles. The predicted octanol–water partition coefficient (Wildman–Crippen LogP) is 0.335. The maximum atomic E-state index is 12.7. The zero-order valence-corrected chi connectivity index (χ0v) is 15.9. The van der Waals surface area contributed by atoms with Crippen LogP contribution in [0.15, 0.2) is 0 Å². The molecule has 0 aromatic heterocycles. The summed E-state index contributed by atoms with van der Waals surface area (Å²) in [5.74, 6) is 0.251. The molecular formula is C19H31N3O4. The van der Waals surface area contributed by atoms with Crippen LogP contribution in [0.4, 0.5) is 0 Å². The van der Waals surface area contributed by atoms with Crippen molar-refractivity contribution < 1.29 is 19.1 Å². The molecule has 0 radical (unpaired) electrons. The lowest BCUT2D eigenvalue weighted by Gasteiger charge is -2.47. The van der Waals surface area contributed by atoms with Crippen LogP contribution in [0.25, 0.3) is 0 Å². The number of carbonyl (C=O) groups is 2.